The summed E-state index contributed by atoms with van der Waals surface area (Å²) in [5.41, 5.74) is 2.72. The SMILES string of the molecule is Cc1ccc(Br)cc1[C@H]1CN(C(C)(C)C)C[C@@H]1C#N. The molecule has 3 heteroatoms. The molecule has 1 aromatic rings. The average Bonchev–Trinajstić information content (AvgIpc) is 2.76. The molecule has 0 bridgehead atoms. The number of benzene rings is 1. The van der Waals surface area contributed by atoms with Crippen LogP contribution in [0.4, 0.5) is 0 Å². The molecule has 0 amide bonds. The average molecular weight is 321 g/mol. The zero-order valence-electron chi connectivity index (χ0n) is 12.1. The van der Waals surface area contributed by atoms with Gasteiger partial charge in [0.2, 0.25) is 0 Å². The van der Waals surface area contributed by atoms with E-state index in [-0.39, 0.29) is 11.5 Å². The maximum absolute atomic E-state index is 9.45. The highest BCUT2D eigenvalue weighted by Gasteiger charge is 2.38. The number of nitrogens with zero attached hydrogens (tertiary/aromatic N) is 2. The lowest BCUT2D eigenvalue weighted by Gasteiger charge is -2.31. The third kappa shape index (κ3) is 3.01. The summed E-state index contributed by atoms with van der Waals surface area (Å²) in [5.74, 6) is 0.411. The van der Waals surface area contributed by atoms with Crippen LogP contribution in [0.2, 0.25) is 0 Å². The quantitative estimate of drug-likeness (QED) is 0.779. The first-order chi connectivity index (χ1) is 8.82. The third-order valence-corrected chi connectivity index (χ3v) is 4.57. The van der Waals surface area contributed by atoms with Crippen molar-refractivity contribution in [1.29, 1.82) is 5.26 Å². The smallest absolute Gasteiger partial charge is 0.0676 e. The van der Waals surface area contributed by atoms with Crippen LogP contribution < -0.4 is 0 Å². The number of hydrogen-bond acceptors (Lipinski definition) is 2. The van der Waals surface area contributed by atoms with Gasteiger partial charge in [0.1, 0.15) is 0 Å². The summed E-state index contributed by atoms with van der Waals surface area (Å²) >= 11 is 3.54. The Morgan fingerprint density at radius 2 is 2.00 bits per heavy atom. The van der Waals surface area contributed by atoms with Gasteiger partial charge in [0, 0.05) is 29.0 Å². The molecule has 2 nitrogen and oxygen atoms in total. The van der Waals surface area contributed by atoms with Crippen LogP contribution in [0.3, 0.4) is 0 Å². The molecule has 0 radical (unpaired) electrons. The first-order valence-electron chi connectivity index (χ1n) is 6.73. The third-order valence-electron chi connectivity index (χ3n) is 4.08. The summed E-state index contributed by atoms with van der Waals surface area (Å²) in [6.07, 6.45) is 0. The summed E-state index contributed by atoms with van der Waals surface area (Å²) in [5, 5.41) is 9.45. The second-order valence-corrected chi connectivity index (χ2v) is 7.33. The molecule has 0 aromatic heterocycles. The van der Waals surface area contributed by atoms with Crippen LogP contribution in [-0.4, -0.2) is 23.5 Å². The van der Waals surface area contributed by atoms with Gasteiger partial charge in [-0.3, -0.25) is 4.90 Å². The number of likely N-dealkylation sites (tertiary alicyclic amines) is 1. The summed E-state index contributed by atoms with van der Waals surface area (Å²) in [4.78, 5) is 2.42. The van der Waals surface area contributed by atoms with Gasteiger partial charge in [-0.1, -0.05) is 22.0 Å². The van der Waals surface area contributed by atoms with E-state index < -0.39 is 0 Å². The molecule has 1 aliphatic heterocycles. The van der Waals surface area contributed by atoms with Gasteiger partial charge in [-0.25, -0.2) is 0 Å². The largest absolute Gasteiger partial charge is 0.297 e. The lowest BCUT2D eigenvalue weighted by atomic mass is 9.87. The van der Waals surface area contributed by atoms with Crippen LogP contribution in [0.1, 0.15) is 37.8 Å². The topological polar surface area (TPSA) is 27.0 Å². The van der Waals surface area contributed by atoms with Crippen LogP contribution in [0.25, 0.3) is 0 Å². The van der Waals surface area contributed by atoms with Crippen molar-refractivity contribution in [3.63, 3.8) is 0 Å². The Morgan fingerprint density at radius 1 is 1.32 bits per heavy atom. The molecule has 1 aliphatic rings. The first-order valence-corrected chi connectivity index (χ1v) is 7.53. The van der Waals surface area contributed by atoms with Crippen molar-refractivity contribution in [3.8, 4) is 6.07 Å². The van der Waals surface area contributed by atoms with Gasteiger partial charge in [-0.15, -0.1) is 0 Å². The number of rotatable bonds is 1. The number of aryl methyl sites for hydroxylation is 1. The lowest BCUT2D eigenvalue weighted by Crippen LogP contribution is -2.39. The molecule has 0 aliphatic carbocycles. The Morgan fingerprint density at radius 3 is 2.58 bits per heavy atom. The Kier molecular flexibility index (Phi) is 4.03. The lowest BCUT2D eigenvalue weighted by molar-refractivity contribution is 0.170. The van der Waals surface area contributed by atoms with Crippen LogP contribution in [0, 0.1) is 24.2 Å². The molecule has 1 fully saturated rings. The fraction of sp³-hybridized carbons (Fsp3) is 0.562. The van der Waals surface area contributed by atoms with E-state index in [1.165, 1.54) is 11.1 Å². The Balaban J connectivity index is 2.34. The van der Waals surface area contributed by atoms with Crippen LogP contribution >= 0.6 is 15.9 Å². The van der Waals surface area contributed by atoms with Crippen LogP contribution in [-0.2, 0) is 0 Å². The molecule has 1 aromatic carbocycles. The van der Waals surface area contributed by atoms with Gasteiger partial charge >= 0.3 is 0 Å². The van der Waals surface area contributed by atoms with E-state index in [0.717, 1.165) is 17.6 Å². The first kappa shape index (κ1) is 14.6. The van der Waals surface area contributed by atoms with E-state index in [0.29, 0.717) is 5.92 Å². The van der Waals surface area contributed by atoms with Gasteiger partial charge < -0.3 is 0 Å². The van der Waals surface area contributed by atoms with Gasteiger partial charge in [0.15, 0.2) is 0 Å². The van der Waals surface area contributed by atoms with E-state index in [1.807, 2.05) is 0 Å². The van der Waals surface area contributed by atoms with Gasteiger partial charge in [0.25, 0.3) is 0 Å². The van der Waals surface area contributed by atoms with E-state index >= 15 is 0 Å². The number of halogens is 1. The molecule has 0 spiro atoms. The maximum Gasteiger partial charge on any atom is 0.0676 e. The second-order valence-electron chi connectivity index (χ2n) is 6.42. The number of nitriles is 1. The van der Waals surface area contributed by atoms with Crippen molar-refractivity contribution in [2.24, 2.45) is 5.92 Å². The monoisotopic (exact) mass is 320 g/mol. The van der Waals surface area contributed by atoms with Gasteiger partial charge in [-0.2, -0.15) is 5.26 Å². The fourth-order valence-electron chi connectivity index (χ4n) is 2.81. The minimum atomic E-state index is 0.0900. The van der Waals surface area contributed by atoms with Crippen LogP contribution in [0.5, 0.6) is 0 Å². The van der Waals surface area contributed by atoms with Crippen molar-refractivity contribution in [2.75, 3.05) is 13.1 Å². The molecule has 2 atom stereocenters. The van der Waals surface area contributed by atoms with E-state index in [9.17, 15) is 5.26 Å². The highest BCUT2D eigenvalue weighted by Crippen LogP contribution is 2.37. The minimum absolute atomic E-state index is 0.0900. The predicted molar refractivity (Wildman–Crippen MR) is 82.0 cm³/mol. The van der Waals surface area contributed by atoms with Crippen LogP contribution in [0.15, 0.2) is 22.7 Å². The molecular formula is C16H21BrN2. The van der Waals surface area contributed by atoms with Crippen molar-refractivity contribution in [1.82, 2.24) is 4.90 Å². The standard InChI is InChI=1S/C16H21BrN2/c1-11-5-6-13(17)7-14(11)15-10-19(16(2,3)4)9-12(15)8-18/h5-7,12,15H,9-10H2,1-4H3/t12-,15-/m0/s1. The molecule has 2 rings (SSSR count). The normalized spacial score (nSPS) is 24.4. The zero-order valence-corrected chi connectivity index (χ0v) is 13.7. The highest BCUT2D eigenvalue weighted by molar-refractivity contribution is 9.10. The van der Waals surface area contributed by atoms with Gasteiger partial charge in [-0.05, 0) is 51.0 Å². The van der Waals surface area contributed by atoms with Crippen molar-refractivity contribution in [2.45, 2.75) is 39.2 Å². The fourth-order valence-corrected chi connectivity index (χ4v) is 3.19. The Bertz CT molecular complexity index is 510. The molecule has 19 heavy (non-hydrogen) atoms. The molecule has 0 saturated carbocycles. The van der Waals surface area contributed by atoms with E-state index in [1.54, 1.807) is 0 Å². The molecule has 102 valence electrons. The summed E-state index contributed by atoms with van der Waals surface area (Å²) < 4.78 is 1.10. The molecule has 1 saturated heterocycles. The summed E-state index contributed by atoms with van der Waals surface area (Å²) in [7, 11) is 0. The Hall–Kier alpha value is -0.850. The zero-order chi connectivity index (χ0) is 14.2. The molecule has 1 heterocycles. The number of hydrogen-bond donors (Lipinski definition) is 0. The molecule has 0 N–H and O–H groups in total. The van der Waals surface area contributed by atoms with Crippen molar-refractivity contribution < 1.29 is 0 Å². The van der Waals surface area contributed by atoms with E-state index in [2.05, 4.69) is 72.8 Å². The van der Waals surface area contributed by atoms with Crippen molar-refractivity contribution in [3.05, 3.63) is 33.8 Å². The second kappa shape index (κ2) is 5.26. The van der Waals surface area contributed by atoms with Crippen molar-refractivity contribution >= 4 is 15.9 Å². The summed E-state index contributed by atoms with van der Waals surface area (Å²) in [6, 6.07) is 8.88. The Labute approximate surface area is 124 Å². The van der Waals surface area contributed by atoms with E-state index in [4.69, 9.17) is 0 Å². The summed E-state index contributed by atoms with van der Waals surface area (Å²) in [6.45, 7) is 10.6. The molecular weight excluding hydrogens is 300 g/mol. The highest BCUT2D eigenvalue weighted by atomic mass is 79.9. The molecule has 0 unspecified atom stereocenters. The predicted octanol–water partition coefficient (Wildman–Crippen LogP) is 4.10. The van der Waals surface area contributed by atoms with Gasteiger partial charge in [0.05, 0.1) is 12.0 Å². The minimum Gasteiger partial charge on any atom is -0.297 e. The maximum atomic E-state index is 9.45.